The molecule has 172 valence electrons. The Bertz CT molecular complexity index is 1460. The van der Waals surface area contributed by atoms with Gasteiger partial charge >= 0.3 is 0 Å². The number of hydrogen-bond donors (Lipinski definition) is 1. The number of carbonyl (C=O) groups is 2. The zero-order valence-corrected chi connectivity index (χ0v) is 19.4. The Balaban J connectivity index is 1.19. The highest BCUT2D eigenvalue weighted by Gasteiger charge is 2.19. The number of Topliss-reactive ketones (excluding diaryl/α,β-unsaturated/α-hetero) is 1. The largest absolute Gasteiger partial charge is 0.322 e. The number of nitro groups is 1. The van der Waals surface area contributed by atoms with Crippen LogP contribution in [0.3, 0.4) is 0 Å². The number of anilines is 1. The summed E-state index contributed by atoms with van der Waals surface area (Å²) in [6, 6.07) is 27.0. The molecule has 1 N–H and O–H groups in total. The average Bonchev–Trinajstić information content (AvgIpc) is 3.26. The smallest absolute Gasteiger partial charge is 0.270 e. The molecular weight excluding hydrogens is 460 g/mol. The van der Waals surface area contributed by atoms with Gasteiger partial charge in [0.05, 0.1) is 10.7 Å². The highest BCUT2D eigenvalue weighted by atomic mass is 32.2. The molecule has 0 bridgehead atoms. The van der Waals surface area contributed by atoms with Gasteiger partial charge in [-0.2, -0.15) is 0 Å². The van der Waals surface area contributed by atoms with E-state index in [2.05, 4.69) is 17.4 Å². The van der Waals surface area contributed by atoms with Gasteiger partial charge in [0.2, 0.25) is 0 Å². The number of carbonyl (C=O) groups excluding carboxylic acids is 2. The molecule has 0 fully saturated rings. The van der Waals surface area contributed by atoms with Gasteiger partial charge in [-0.3, -0.25) is 19.7 Å². The van der Waals surface area contributed by atoms with Crippen LogP contribution in [0.2, 0.25) is 0 Å². The summed E-state index contributed by atoms with van der Waals surface area (Å²) in [6.45, 7) is 0. The number of nitro benzene ring substituents is 1. The molecule has 0 saturated heterocycles. The summed E-state index contributed by atoms with van der Waals surface area (Å²) in [6.07, 6.45) is 0.850. The van der Waals surface area contributed by atoms with Crippen LogP contribution in [-0.4, -0.2) is 22.4 Å². The molecular formula is C28H20N2O4S. The fourth-order valence-electron chi connectivity index (χ4n) is 4.15. The van der Waals surface area contributed by atoms with E-state index in [1.54, 1.807) is 12.1 Å². The number of non-ortho nitro benzene ring substituents is 1. The molecule has 0 heterocycles. The fraction of sp³-hybridized carbons (Fsp3) is 0.0714. The van der Waals surface area contributed by atoms with Crippen molar-refractivity contribution < 1.29 is 14.5 Å². The summed E-state index contributed by atoms with van der Waals surface area (Å²) in [5.41, 5.74) is 6.27. The number of ketones is 1. The number of amides is 1. The van der Waals surface area contributed by atoms with E-state index in [1.165, 1.54) is 58.3 Å². The monoisotopic (exact) mass is 480 g/mol. The summed E-state index contributed by atoms with van der Waals surface area (Å²) in [5.74, 6) is -0.0506. The van der Waals surface area contributed by atoms with Crippen LogP contribution >= 0.6 is 11.8 Å². The van der Waals surface area contributed by atoms with E-state index in [0.29, 0.717) is 17.0 Å². The zero-order valence-electron chi connectivity index (χ0n) is 18.6. The first-order valence-electron chi connectivity index (χ1n) is 11.0. The van der Waals surface area contributed by atoms with Crippen molar-refractivity contribution in [2.75, 3.05) is 11.1 Å². The number of benzene rings is 4. The molecule has 4 aromatic rings. The molecule has 5 rings (SSSR count). The SMILES string of the molecule is O=C(CSc1ccc(NC(=O)c2cccc([N+](=O)[O-])c2)cc1)c1ccc2c(c1)Cc1ccccc1-2. The van der Waals surface area contributed by atoms with Crippen molar-refractivity contribution in [3.05, 3.63) is 123 Å². The summed E-state index contributed by atoms with van der Waals surface area (Å²) < 4.78 is 0. The molecule has 0 aromatic heterocycles. The van der Waals surface area contributed by atoms with Gasteiger partial charge < -0.3 is 5.32 Å². The van der Waals surface area contributed by atoms with E-state index in [9.17, 15) is 19.7 Å². The van der Waals surface area contributed by atoms with Crippen LogP contribution in [0.5, 0.6) is 0 Å². The standard InChI is InChI=1S/C28H20N2O4S/c31-27(19-8-13-26-21(15-19)14-18-4-1-2-7-25(18)26)17-35-24-11-9-22(10-12-24)29-28(32)20-5-3-6-23(16-20)30(33)34/h1-13,15-16H,14,17H2,(H,29,32). The third-order valence-electron chi connectivity index (χ3n) is 5.92. The minimum Gasteiger partial charge on any atom is -0.322 e. The summed E-state index contributed by atoms with van der Waals surface area (Å²) in [4.78, 5) is 36.5. The molecule has 0 atom stereocenters. The van der Waals surface area contributed by atoms with Gasteiger partial charge in [-0.25, -0.2) is 0 Å². The van der Waals surface area contributed by atoms with Crippen LogP contribution in [0.15, 0.2) is 95.9 Å². The van der Waals surface area contributed by atoms with E-state index < -0.39 is 10.8 Å². The minimum atomic E-state index is -0.536. The Morgan fingerprint density at radius 3 is 2.40 bits per heavy atom. The first-order chi connectivity index (χ1) is 17.0. The van der Waals surface area contributed by atoms with Crippen LogP contribution in [0.4, 0.5) is 11.4 Å². The Kier molecular flexibility index (Phi) is 6.16. The van der Waals surface area contributed by atoms with Gasteiger partial charge in [-0.15, -0.1) is 11.8 Å². The van der Waals surface area contributed by atoms with Gasteiger partial charge in [-0.05, 0) is 65.1 Å². The van der Waals surface area contributed by atoms with Crippen molar-refractivity contribution in [1.29, 1.82) is 0 Å². The normalized spacial score (nSPS) is 11.4. The number of nitrogens with one attached hydrogen (secondary N) is 1. The van der Waals surface area contributed by atoms with Crippen molar-refractivity contribution in [2.24, 2.45) is 0 Å². The second kappa shape index (κ2) is 9.56. The maximum atomic E-state index is 12.8. The molecule has 6 nitrogen and oxygen atoms in total. The minimum absolute atomic E-state index is 0.0665. The lowest BCUT2D eigenvalue weighted by Crippen LogP contribution is -2.12. The molecule has 0 unspecified atom stereocenters. The second-order valence-corrected chi connectivity index (χ2v) is 9.25. The van der Waals surface area contributed by atoms with Crippen molar-refractivity contribution in [3.8, 4) is 11.1 Å². The van der Waals surface area contributed by atoms with Gasteiger partial charge in [0.15, 0.2) is 5.78 Å². The predicted octanol–water partition coefficient (Wildman–Crippen LogP) is 6.39. The lowest BCUT2D eigenvalue weighted by molar-refractivity contribution is -0.384. The third kappa shape index (κ3) is 4.85. The molecule has 0 radical (unpaired) electrons. The lowest BCUT2D eigenvalue weighted by Gasteiger charge is -2.07. The zero-order chi connectivity index (χ0) is 24.4. The Morgan fingerprint density at radius 1 is 0.829 bits per heavy atom. The molecule has 4 aromatic carbocycles. The van der Waals surface area contributed by atoms with Crippen LogP contribution in [0, 0.1) is 10.1 Å². The van der Waals surface area contributed by atoms with Crippen molar-refractivity contribution in [1.82, 2.24) is 0 Å². The second-order valence-electron chi connectivity index (χ2n) is 8.20. The number of nitrogens with zero attached hydrogens (tertiary/aromatic N) is 1. The average molecular weight is 481 g/mol. The summed E-state index contributed by atoms with van der Waals surface area (Å²) in [5, 5.41) is 13.7. The molecule has 0 saturated carbocycles. The summed E-state index contributed by atoms with van der Waals surface area (Å²) in [7, 11) is 0. The van der Waals surface area contributed by atoms with Gasteiger partial charge in [0, 0.05) is 33.8 Å². The van der Waals surface area contributed by atoms with Gasteiger partial charge in [0.1, 0.15) is 0 Å². The van der Waals surface area contributed by atoms with Crippen LogP contribution < -0.4 is 5.32 Å². The fourth-order valence-corrected chi connectivity index (χ4v) is 4.94. The molecule has 35 heavy (non-hydrogen) atoms. The van der Waals surface area contributed by atoms with E-state index in [1.807, 2.05) is 42.5 Å². The molecule has 1 aliphatic rings. The van der Waals surface area contributed by atoms with Gasteiger partial charge in [-0.1, -0.05) is 42.5 Å². The molecule has 0 spiro atoms. The van der Waals surface area contributed by atoms with E-state index in [0.717, 1.165) is 11.3 Å². The molecule has 1 amide bonds. The van der Waals surface area contributed by atoms with E-state index in [4.69, 9.17) is 0 Å². The number of thioether (sulfide) groups is 1. The highest BCUT2D eigenvalue weighted by Crippen LogP contribution is 2.37. The Labute approximate surface area is 206 Å². The van der Waals surface area contributed by atoms with Gasteiger partial charge in [0.25, 0.3) is 11.6 Å². The predicted molar refractivity (Wildman–Crippen MR) is 137 cm³/mol. The Morgan fingerprint density at radius 2 is 1.60 bits per heavy atom. The topological polar surface area (TPSA) is 89.3 Å². The highest BCUT2D eigenvalue weighted by molar-refractivity contribution is 8.00. The number of hydrogen-bond acceptors (Lipinski definition) is 5. The van der Waals surface area contributed by atoms with E-state index >= 15 is 0 Å². The van der Waals surface area contributed by atoms with E-state index in [-0.39, 0.29) is 17.0 Å². The number of rotatable bonds is 7. The Hall–Kier alpha value is -4.23. The molecule has 1 aliphatic carbocycles. The van der Waals surface area contributed by atoms with Crippen LogP contribution in [0.1, 0.15) is 31.8 Å². The van der Waals surface area contributed by atoms with Crippen molar-refractivity contribution in [2.45, 2.75) is 11.3 Å². The number of fused-ring (bicyclic) bond motifs is 3. The third-order valence-corrected chi connectivity index (χ3v) is 6.93. The first kappa shape index (κ1) is 22.6. The molecule has 7 heteroatoms. The summed E-state index contributed by atoms with van der Waals surface area (Å²) >= 11 is 1.44. The van der Waals surface area contributed by atoms with Crippen LogP contribution in [-0.2, 0) is 6.42 Å². The van der Waals surface area contributed by atoms with Crippen molar-refractivity contribution in [3.63, 3.8) is 0 Å². The maximum absolute atomic E-state index is 12.8. The van der Waals surface area contributed by atoms with Crippen LogP contribution in [0.25, 0.3) is 11.1 Å². The molecule has 0 aliphatic heterocycles. The lowest BCUT2D eigenvalue weighted by atomic mass is 10.0. The van der Waals surface area contributed by atoms with Crippen molar-refractivity contribution >= 4 is 34.8 Å². The first-order valence-corrected chi connectivity index (χ1v) is 12.0. The quantitative estimate of drug-likeness (QED) is 0.126. The maximum Gasteiger partial charge on any atom is 0.270 e.